The van der Waals surface area contributed by atoms with Crippen molar-refractivity contribution in [2.24, 2.45) is 0 Å². The van der Waals surface area contributed by atoms with Crippen molar-refractivity contribution >= 4 is 23.2 Å². The van der Waals surface area contributed by atoms with Crippen molar-refractivity contribution < 1.29 is 0 Å². The Bertz CT molecular complexity index is 587. The van der Waals surface area contributed by atoms with Gasteiger partial charge in [0.15, 0.2) is 0 Å². The van der Waals surface area contributed by atoms with Gasteiger partial charge in [0.25, 0.3) is 0 Å². The average Bonchev–Trinajstić information content (AvgIpc) is 2.66. The molecule has 0 spiro atoms. The van der Waals surface area contributed by atoms with E-state index in [-0.39, 0.29) is 12.1 Å². The SMILES string of the molecule is CCN(CC)[C@@H](c1ccc(Cl)cc1)[C@H](c1ccc(Cl)cc1)N(CC)CC. The minimum Gasteiger partial charge on any atom is -0.295 e. The van der Waals surface area contributed by atoms with E-state index in [1.54, 1.807) is 0 Å². The molecule has 0 fully saturated rings. The van der Waals surface area contributed by atoms with Crippen LogP contribution in [0.25, 0.3) is 0 Å². The van der Waals surface area contributed by atoms with E-state index in [0.717, 1.165) is 36.2 Å². The largest absolute Gasteiger partial charge is 0.295 e. The summed E-state index contributed by atoms with van der Waals surface area (Å²) in [5.74, 6) is 0. The molecule has 2 rings (SSSR count). The molecule has 0 aromatic heterocycles. The Balaban J connectivity index is 2.59. The molecular weight excluding hydrogens is 363 g/mol. The quantitative estimate of drug-likeness (QED) is 0.482. The van der Waals surface area contributed by atoms with E-state index < -0.39 is 0 Å². The smallest absolute Gasteiger partial charge is 0.0545 e. The van der Waals surface area contributed by atoms with Crippen LogP contribution >= 0.6 is 23.2 Å². The van der Waals surface area contributed by atoms with Gasteiger partial charge in [0.05, 0.1) is 12.1 Å². The number of nitrogens with zero attached hydrogens (tertiary/aromatic N) is 2. The van der Waals surface area contributed by atoms with Crippen LogP contribution in [0, 0.1) is 0 Å². The molecule has 0 amide bonds. The van der Waals surface area contributed by atoms with E-state index in [4.69, 9.17) is 23.2 Å². The summed E-state index contributed by atoms with van der Waals surface area (Å²) in [4.78, 5) is 5.06. The van der Waals surface area contributed by atoms with Crippen molar-refractivity contribution in [2.75, 3.05) is 26.2 Å². The van der Waals surface area contributed by atoms with E-state index in [9.17, 15) is 0 Å². The zero-order valence-corrected chi connectivity index (χ0v) is 17.8. The first-order valence-electron chi connectivity index (χ1n) is 9.54. The summed E-state index contributed by atoms with van der Waals surface area (Å²) in [7, 11) is 0. The number of hydrogen-bond acceptors (Lipinski definition) is 2. The molecular formula is C22H30Cl2N2. The fourth-order valence-corrected chi connectivity index (χ4v) is 3.99. The highest BCUT2D eigenvalue weighted by Gasteiger charge is 2.32. The van der Waals surface area contributed by atoms with Crippen LogP contribution in [0.1, 0.15) is 50.9 Å². The van der Waals surface area contributed by atoms with Crippen LogP contribution in [0.3, 0.4) is 0 Å². The highest BCUT2D eigenvalue weighted by molar-refractivity contribution is 6.30. The van der Waals surface area contributed by atoms with Crippen molar-refractivity contribution in [1.29, 1.82) is 0 Å². The van der Waals surface area contributed by atoms with Gasteiger partial charge < -0.3 is 0 Å². The average molecular weight is 393 g/mol. The summed E-state index contributed by atoms with van der Waals surface area (Å²) < 4.78 is 0. The molecule has 0 saturated carbocycles. The lowest BCUT2D eigenvalue weighted by Crippen LogP contribution is -2.41. The van der Waals surface area contributed by atoms with Crippen molar-refractivity contribution in [1.82, 2.24) is 9.80 Å². The molecule has 0 bridgehead atoms. The van der Waals surface area contributed by atoms with Gasteiger partial charge in [-0.25, -0.2) is 0 Å². The molecule has 0 unspecified atom stereocenters. The maximum absolute atomic E-state index is 6.16. The number of rotatable bonds is 9. The molecule has 0 heterocycles. The second-order valence-corrected chi connectivity index (χ2v) is 7.31. The molecule has 4 heteroatoms. The summed E-state index contributed by atoms with van der Waals surface area (Å²) >= 11 is 12.3. The summed E-state index contributed by atoms with van der Waals surface area (Å²) in [5.41, 5.74) is 2.59. The van der Waals surface area contributed by atoms with E-state index in [0.29, 0.717) is 0 Å². The number of likely N-dealkylation sites (N-methyl/N-ethyl adjacent to an activating group) is 2. The van der Waals surface area contributed by atoms with Gasteiger partial charge >= 0.3 is 0 Å². The highest BCUT2D eigenvalue weighted by Crippen LogP contribution is 2.39. The van der Waals surface area contributed by atoms with Gasteiger partial charge in [0.1, 0.15) is 0 Å². The predicted octanol–water partition coefficient (Wildman–Crippen LogP) is 6.46. The zero-order chi connectivity index (χ0) is 19.1. The molecule has 0 aliphatic carbocycles. The Morgan fingerprint density at radius 1 is 0.577 bits per heavy atom. The van der Waals surface area contributed by atoms with Gasteiger partial charge in [0.2, 0.25) is 0 Å². The Morgan fingerprint density at radius 2 is 0.846 bits per heavy atom. The summed E-state index contributed by atoms with van der Waals surface area (Å²) in [6.07, 6.45) is 0. The fourth-order valence-electron chi connectivity index (χ4n) is 3.74. The minimum atomic E-state index is 0.253. The molecule has 0 aliphatic heterocycles. The first-order chi connectivity index (χ1) is 12.5. The molecule has 0 radical (unpaired) electrons. The van der Waals surface area contributed by atoms with Crippen LogP contribution in [0.2, 0.25) is 10.0 Å². The standard InChI is InChI=1S/C22H30Cl2N2/c1-5-25(6-2)21(17-9-13-19(23)14-10-17)22(26(7-3)8-4)18-11-15-20(24)16-12-18/h9-16,21-22H,5-8H2,1-4H3/t21-,22-/m0/s1. The van der Waals surface area contributed by atoms with Gasteiger partial charge in [-0.15, -0.1) is 0 Å². The van der Waals surface area contributed by atoms with Gasteiger partial charge in [-0.2, -0.15) is 0 Å². The van der Waals surface area contributed by atoms with Crippen molar-refractivity contribution in [3.8, 4) is 0 Å². The monoisotopic (exact) mass is 392 g/mol. The lowest BCUT2D eigenvalue weighted by Gasteiger charge is -2.42. The van der Waals surface area contributed by atoms with Gasteiger partial charge in [-0.1, -0.05) is 75.2 Å². The van der Waals surface area contributed by atoms with Crippen LogP contribution in [0.15, 0.2) is 48.5 Å². The van der Waals surface area contributed by atoms with Gasteiger partial charge in [-0.05, 0) is 61.6 Å². The van der Waals surface area contributed by atoms with Gasteiger partial charge in [-0.3, -0.25) is 9.80 Å². The summed E-state index contributed by atoms with van der Waals surface area (Å²) in [6, 6.07) is 17.1. The summed E-state index contributed by atoms with van der Waals surface area (Å²) in [5, 5.41) is 1.55. The van der Waals surface area contributed by atoms with Gasteiger partial charge in [0, 0.05) is 10.0 Å². The molecule has 26 heavy (non-hydrogen) atoms. The third-order valence-electron chi connectivity index (χ3n) is 5.13. The molecule has 0 N–H and O–H groups in total. The minimum absolute atomic E-state index is 0.253. The molecule has 2 aromatic carbocycles. The Kier molecular flexibility index (Phi) is 8.43. The lowest BCUT2D eigenvalue weighted by molar-refractivity contribution is 0.0889. The molecule has 0 aliphatic rings. The van der Waals surface area contributed by atoms with E-state index >= 15 is 0 Å². The van der Waals surface area contributed by atoms with Crippen LogP contribution in [-0.2, 0) is 0 Å². The second-order valence-electron chi connectivity index (χ2n) is 6.44. The number of benzene rings is 2. The van der Waals surface area contributed by atoms with E-state index in [2.05, 4.69) is 61.8 Å². The van der Waals surface area contributed by atoms with Crippen molar-refractivity contribution in [3.63, 3.8) is 0 Å². The molecule has 2 nitrogen and oxygen atoms in total. The number of hydrogen-bond donors (Lipinski definition) is 0. The maximum Gasteiger partial charge on any atom is 0.0545 e. The predicted molar refractivity (Wildman–Crippen MR) is 114 cm³/mol. The first-order valence-corrected chi connectivity index (χ1v) is 10.3. The normalized spacial score (nSPS) is 14.0. The van der Waals surface area contributed by atoms with Crippen LogP contribution in [-0.4, -0.2) is 36.0 Å². The molecule has 2 aromatic rings. The molecule has 142 valence electrons. The van der Waals surface area contributed by atoms with Crippen molar-refractivity contribution in [3.05, 3.63) is 69.7 Å². The highest BCUT2D eigenvalue weighted by atomic mass is 35.5. The van der Waals surface area contributed by atoms with Crippen LogP contribution < -0.4 is 0 Å². The number of halogens is 2. The molecule has 2 atom stereocenters. The second kappa shape index (κ2) is 10.3. The first kappa shape index (κ1) is 21.2. The maximum atomic E-state index is 6.16. The third kappa shape index (κ3) is 5.01. The lowest BCUT2D eigenvalue weighted by atomic mass is 9.90. The van der Waals surface area contributed by atoms with E-state index in [1.165, 1.54) is 11.1 Å². The Hall–Kier alpha value is -1.06. The Labute approximate surface area is 168 Å². The fraction of sp³-hybridized carbons (Fsp3) is 0.455. The third-order valence-corrected chi connectivity index (χ3v) is 5.64. The van der Waals surface area contributed by atoms with E-state index in [1.807, 2.05) is 24.3 Å². The summed E-state index contributed by atoms with van der Waals surface area (Å²) in [6.45, 7) is 12.9. The van der Waals surface area contributed by atoms with Crippen molar-refractivity contribution in [2.45, 2.75) is 39.8 Å². The Morgan fingerprint density at radius 3 is 1.08 bits per heavy atom. The van der Waals surface area contributed by atoms with Crippen LogP contribution in [0.5, 0.6) is 0 Å². The van der Waals surface area contributed by atoms with Crippen LogP contribution in [0.4, 0.5) is 0 Å². The zero-order valence-electron chi connectivity index (χ0n) is 16.3. The molecule has 0 saturated heterocycles. The topological polar surface area (TPSA) is 6.48 Å².